The van der Waals surface area contributed by atoms with E-state index in [1.54, 1.807) is 6.20 Å². The molecule has 5 fully saturated rings. The molecule has 172 valence electrons. The molecule has 7 rings (SSSR count). The zero-order chi connectivity index (χ0) is 22.4. The van der Waals surface area contributed by atoms with Gasteiger partial charge in [-0.05, 0) is 80.5 Å². The second-order valence-electron chi connectivity index (χ2n) is 10.6. The Bertz CT molecular complexity index is 1010. The van der Waals surface area contributed by atoms with E-state index in [0.29, 0.717) is 37.6 Å². The minimum atomic E-state index is -0.0935. The van der Waals surface area contributed by atoms with E-state index in [1.165, 1.54) is 31.0 Å². The maximum Gasteiger partial charge on any atom is 0.256 e. The van der Waals surface area contributed by atoms with E-state index in [4.69, 9.17) is 0 Å². The van der Waals surface area contributed by atoms with Crippen LogP contribution >= 0.6 is 11.8 Å². The molecule has 5 nitrogen and oxygen atoms in total. The zero-order valence-electron chi connectivity index (χ0n) is 19.0. The van der Waals surface area contributed by atoms with Crippen molar-refractivity contribution < 1.29 is 9.59 Å². The molecule has 0 unspecified atom stereocenters. The lowest BCUT2D eigenvalue weighted by Crippen LogP contribution is -2.58. The molecule has 0 spiro atoms. The molecule has 2 heterocycles. The van der Waals surface area contributed by atoms with Crippen LogP contribution in [0.5, 0.6) is 0 Å². The van der Waals surface area contributed by atoms with E-state index in [1.807, 2.05) is 47.4 Å². The quantitative estimate of drug-likeness (QED) is 0.660. The van der Waals surface area contributed by atoms with Gasteiger partial charge in [0.1, 0.15) is 5.03 Å². The second kappa shape index (κ2) is 8.46. The number of nitrogens with zero attached hydrogens (tertiary/aromatic N) is 3. The first-order valence-electron chi connectivity index (χ1n) is 12.4. The van der Waals surface area contributed by atoms with Crippen LogP contribution in [0.1, 0.15) is 48.9 Å². The summed E-state index contributed by atoms with van der Waals surface area (Å²) in [7, 11) is 0. The van der Waals surface area contributed by atoms with Gasteiger partial charge in [-0.15, -0.1) is 0 Å². The summed E-state index contributed by atoms with van der Waals surface area (Å²) in [6.07, 6.45) is 9.10. The topological polar surface area (TPSA) is 53.5 Å². The molecule has 0 atom stereocenters. The Morgan fingerprint density at radius 2 is 1.42 bits per heavy atom. The number of benzene rings is 1. The molecule has 0 N–H and O–H groups in total. The number of carbonyl (C=O) groups is 2. The molecule has 0 radical (unpaired) electrons. The zero-order valence-corrected chi connectivity index (χ0v) is 19.8. The van der Waals surface area contributed by atoms with Crippen LogP contribution in [0.3, 0.4) is 0 Å². The van der Waals surface area contributed by atoms with Crippen LogP contribution in [-0.4, -0.2) is 52.8 Å². The molecule has 1 aliphatic heterocycles. The van der Waals surface area contributed by atoms with Crippen molar-refractivity contribution in [1.29, 1.82) is 0 Å². The maximum absolute atomic E-state index is 13.7. The van der Waals surface area contributed by atoms with Gasteiger partial charge in [0.25, 0.3) is 5.91 Å². The van der Waals surface area contributed by atoms with Crippen molar-refractivity contribution in [3.05, 3.63) is 54.2 Å². The first kappa shape index (κ1) is 21.2. The largest absolute Gasteiger partial charge is 0.339 e. The van der Waals surface area contributed by atoms with Crippen LogP contribution < -0.4 is 0 Å². The summed E-state index contributed by atoms with van der Waals surface area (Å²) in [4.78, 5) is 36.6. The molecule has 4 bridgehead atoms. The van der Waals surface area contributed by atoms with Gasteiger partial charge in [-0.25, -0.2) is 4.98 Å². The van der Waals surface area contributed by atoms with E-state index in [-0.39, 0.29) is 11.3 Å². The summed E-state index contributed by atoms with van der Waals surface area (Å²) in [6.45, 7) is 2.49. The molecule has 1 aromatic carbocycles. The van der Waals surface area contributed by atoms with Crippen LogP contribution in [-0.2, 0) is 4.79 Å². The van der Waals surface area contributed by atoms with E-state index in [2.05, 4.69) is 9.88 Å². The van der Waals surface area contributed by atoms with Crippen molar-refractivity contribution in [2.75, 3.05) is 26.2 Å². The maximum atomic E-state index is 13.7. The van der Waals surface area contributed by atoms with Gasteiger partial charge in [0, 0.05) is 37.3 Å². The minimum absolute atomic E-state index is 0.0171. The van der Waals surface area contributed by atoms with Gasteiger partial charge >= 0.3 is 0 Å². The Morgan fingerprint density at radius 3 is 2.06 bits per heavy atom. The number of hydrogen-bond donors (Lipinski definition) is 0. The van der Waals surface area contributed by atoms with E-state index < -0.39 is 0 Å². The van der Waals surface area contributed by atoms with Crippen molar-refractivity contribution in [3.63, 3.8) is 0 Å². The van der Waals surface area contributed by atoms with E-state index >= 15 is 0 Å². The molecular formula is C27H31N3O2S. The van der Waals surface area contributed by atoms with Crippen molar-refractivity contribution in [3.8, 4) is 0 Å². The Balaban J connectivity index is 1.12. The van der Waals surface area contributed by atoms with Gasteiger partial charge in [-0.1, -0.05) is 30.0 Å². The van der Waals surface area contributed by atoms with Crippen LogP contribution in [0, 0.1) is 23.2 Å². The first-order chi connectivity index (χ1) is 16.1. The third kappa shape index (κ3) is 3.96. The molecule has 2 amide bonds. The van der Waals surface area contributed by atoms with Gasteiger partial charge in [-0.3, -0.25) is 9.59 Å². The minimum Gasteiger partial charge on any atom is -0.339 e. The van der Waals surface area contributed by atoms with Crippen LogP contribution in [0.25, 0.3) is 0 Å². The van der Waals surface area contributed by atoms with Crippen LogP contribution in [0.2, 0.25) is 0 Å². The van der Waals surface area contributed by atoms with Gasteiger partial charge in [-0.2, -0.15) is 0 Å². The van der Waals surface area contributed by atoms with Crippen molar-refractivity contribution in [1.82, 2.24) is 14.8 Å². The fraction of sp³-hybridized carbons (Fsp3) is 0.519. The monoisotopic (exact) mass is 461 g/mol. The number of aromatic nitrogens is 1. The molecule has 6 heteroatoms. The summed E-state index contributed by atoms with van der Waals surface area (Å²) in [5.74, 6) is 2.72. The normalized spacial score (nSPS) is 30.5. The van der Waals surface area contributed by atoms with Crippen molar-refractivity contribution >= 4 is 23.6 Å². The summed E-state index contributed by atoms with van der Waals surface area (Å²) in [5.41, 5.74) is 0.552. The number of hydrogen-bond acceptors (Lipinski definition) is 4. The van der Waals surface area contributed by atoms with E-state index in [0.717, 1.165) is 46.9 Å². The highest BCUT2D eigenvalue weighted by molar-refractivity contribution is 7.99. The average molecular weight is 462 g/mol. The molecule has 1 aromatic heterocycles. The van der Waals surface area contributed by atoms with Crippen molar-refractivity contribution in [2.45, 2.75) is 48.4 Å². The summed E-state index contributed by atoms with van der Waals surface area (Å²) in [6, 6.07) is 13.7. The molecule has 5 aliphatic rings. The molecular weight excluding hydrogens is 430 g/mol. The Morgan fingerprint density at radius 1 is 0.818 bits per heavy atom. The Kier molecular flexibility index (Phi) is 5.44. The standard InChI is InChI=1S/C27H31N3O2S/c31-25(23-7-4-8-28-24(23)33-22-5-2-1-3-6-22)29-9-11-30(12-10-29)26(32)27-16-19-13-20(17-27)15-21(14-19)18-27/h1-8,19-21H,9-18H2. The number of pyridine rings is 1. The lowest BCUT2D eigenvalue weighted by molar-refractivity contribution is -0.159. The van der Waals surface area contributed by atoms with Gasteiger partial charge in [0.2, 0.25) is 5.91 Å². The number of rotatable bonds is 4. The van der Waals surface area contributed by atoms with Crippen LogP contribution in [0.15, 0.2) is 58.6 Å². The fourth-order valence-electron chi connectivity index (χ4n) is 7.23. The third-order valence-corrected chi connectivity index (χ3v) is 9.33. The predicted molar refractivity (Wildman–Crippen MR) is 128 cm³/mol. The first-order valence-corrected chi connectivity index (χ1v) is 13.2. The van der Waals surface area contributed by atoms with E-state index in [9.17, 15) is 9.59 Å². The highest BCUT2D eigenvalue weighted by Crippen LogP contribution is 2.60. The molecule has 1 saturated heterocycles. The van der Waals surface area contributed by atoms with Gasteiger partial charge in [0.05, 0.1) is 11.0 Å². The van der Waals surface area contributed by atoms with Crippen molar-refractivity contribution in [2.24, 2.45) is 23.2 Å². The molecule has 2 aromatic rings. The lowest BCUT2D eigenvalue weighted by Gasteiger charge is -2.57. The number of carbonyl (C=O) groups excluding carboxylic acids is 2. The smallest absolute Gasteiger partial charge is 0.256 e. The average Bonchev–Trinajstić information content (AvgIpc) is 2.83. The lowest BCUT2D eigenvalue weighted by atomic mass is 9.49. The number of piperazine rings is 1. The van der Waals surface area contributed by atoms with Crippen LogP contribution in [0.4, 0.5) is 0 Å². The highest BCUT2D eigenvalue weighted by atomic mass is 32.2. The molecule has 33 heavy (non-hydrogen) atoms. The van der Waals surface area contributed by atoms with Gasteiger partial charge < -0.3 is 9.80 Å². The highest BCUT2D eigenvalue weighted by Gasteiger charge is 2.55. The number of amides is 2. The summed E-state index contributed by atoms with van der Waals surface area (Å²) in [5, 5.41) is 0.737. The summed E-state index contributed by atoms with van der Waals surface area (Å²) >= 11 is 1.52. The predicted octanol–water partition coefficient (Wildman–Crippen LogP) is 4.73. The third-order valence-electron chi connectivity index (χ3n) is 8.31. The summed E-state index contributed by atoms with van der Waals surface area (Å²) < 4.78 is 0. The Hall–Kier alpha value is -2.34. The fourth-order valence-corrected chi connectivity index (χ4v) is 8.12. The molecule has 4 saturated carbocycles. The van der Waals surface area contributed by atoms with Gasteiger partial charge in [0.15, 0.2) is 0 Å². The second-order valence-corrected chi connectivity index (χ2v) is 11.6. The SMILES string of the molecule is O=C(c1cccnc1Sc1ccccc1)N1CCN(C(=O)C23CC4CC(CC(C4)C2)C3)CC1. The Labute approximate surface area is 199 Å². The molecule has 4 aliphatic carbocycles.